The number of carbonyl (C=O) groups is 5. The third-order valence-corrected chi connectivity index (χ3v) is 9.77. The Morgan fingerprint density at radius 3 is 2.67 bits per heavy atom. The maximum Gasteiger partial charge on any atom is 0.353 e. The van der Waals surface area contributed by atoms with Crippen LogP contribution in [0, 0.1) is 0 Å². The minimum absolute atomic E-state index is 0.0184. The highest BCUT2D eigenvalue weighted by atomic mass is 32.2. The van der Waals surface area contributed by atoms with Crippen molar-refractivity contribution >= 4 is 75.8 Å². The van der Waals surface area contributed by atoms with Crippen LogP contribution >= 0.6 is 23.3 Å². The molecule has 21 heteroatoms. The number of methoxy groups -OCH3 is 1. The maximum atomic E-state index is 13.6. The predicted molar refractivity (Wildman–Crippen MR) is 184 cm³/mol. The number of carboxylic acids is 1. The van der Waals surface area contributed by atoms with Gasteiger partial charge in [0.1, 0.15) is 36.0 Å². The summed E-state index contributed by atoms with van der Waals surface area (Å²) in [5.74, 6) is -2.74. The number of nitrogen functional groups attached to an aromatic ring is 1. The molecule has 0 unspecified atom stereocenters. The van der Waals surface area contributed by atoms with Crippen LogP contribution in [-0.2, 0) is 46.7 Å². The normalized spacial score (nSPS) is 17.2. The Bertz CT molecular complexity index is 2130. The Morgan fingerprint density at radius 2 is 2.00 bits per heavy atom. The first-order chi connectivity index (χ1) is 24.9. The van der Waals surface area contributed by atoms with Gasteiger partial charge in [-0.1, -0.05) is 26.9 Å². The van der Waals surface area contributed by atoms with Crippen LogP contribution in [0.25, 0.3) is 5.65 Å². The van der Waals surface area contributed by atoms with Gasteiger partial charge in [-0.25, -0.2) is 14.2 Å². The van der Waals surface area contributed by atoms with Gasteiger partial charge in [-0.15, -0.1) is 11.8 Å². The third-order valence-electron chi connectivity index (χ3n) is 7.89. The molecule has 5 heterocycles. The quantitative estimate of drug-likeness (QED) is 0.0339. The lowest BCUT2D eigenvalue weighted by Crippen LogP contribution is -2.71. The number of hydrogen-bond donors (Lipinski definition) is 4. The van der Waals surface area contributed by atoms with Crippen molar-refractivity contribution in [2.75, 3.05) is 23.9 Å². The lowest BCUT2D eigenvalue weighted by atomic mass is 10.0. The van der Waals surface area contributed by atoms with E-state index in [1.54, 1.807) is 47.2 Å². The molecular weight excluding hydrogens is 721 g/mol. The fourth-order valence-corrected chi connectivity index (χ4v) is 7.07. The van der Waals surface area contributed by atoms with Crippen LogP contribution < -0.4 is 25.7 Å². The number of anilines is 2. The van der Waals surface area contributed by atoms with Gasteiger partial charge in [-0.3, -0.25) is 24.6 Å². The van der Waals surface area contributed by atoms with Crippen LogP contribution in [0.1, 0.15) is 25.2 Å². The van der Waals surface area contributed by atoms with Gasteiger partial charge in [-0.2, -0.15) is 9.36 Å². The Hall–Kier alpha value is -6.09. The van der Waals surface area contributed by atoms with Gasteiger partial charge in [0.25, 0.3) is 17.6 Å². The summed E-state index contributed by atoms with van der Waals surface area (Å²) in [7, 11) is 1.54. The first-order valence-corrected chi connectivity index (χ1v) is 17.2. The van der Waals surface area contributed by atoms with E-state index in [0.29, 0.717) is 34.8 Å². The van der Waals surface area contributed by atoms with Crippen molar-refractivity contribution in [3.63, 3.8) is 0 Å². The molecule has 3 aromatic heterocycles. The van der Waals surface area contributed by atoms with Crippen molar-refractivity contribution in [1.29, 1.82) is 0 Å². The SMILES string of the molecule is COc1ccc(COC(=O)C(C)(C)O/N=C(\C(=O)N[C@@H]2C(=O)N3C(C(=O)O)=C(C[n+]4cc(NC=O)n5ncccc54)CS[C@H]23)c2nsc(N)n2)cc1. The second-order valence-electron chi connectivity index (χ2n) is 11.7. The van der Waals surface area contributed by atoms with Gasteiger partial charge in [0.2, 0.25) is 23.5 Å². The average molecular weight is 752 g/mol. The van der Waals surface area contributed by atoms with Crippen molar-refractivity contribution in [1.82, 2.24) is 29.2 Å². The summed E-state index contributed by atoms with van der Waals surface area (Å²) < 4.78 is 17.7. The molecule has 0 aliphatic carbocycles. The zero-order valence-corrected chi connectivity index (χ0v) is 29.3. The largest absolute Gasteiger partial charge is 0.497 e. The standard InChI is InChI=1S/C31H30N10O9S2/c1-31(2,29(47)49-13-16-6-8-18(48-3)9-7-16)50-37-21(24-36-30(32)52-38-24)25(43)35-22-26(44)40-23(28(45)46)17(14-51-27(22)40)11-39-12-19(33-15-42)41-20(39)5-4-10-34-41/h4-10,12,15,22,27H,11,13-14H2,1-3H3,(H4-,32,33,34,35,36,38,42,43,45,46)/p+1/b37-21-/t22-,27-/m1/s1. The van der Waals surface area contributed by atoms with Crippen LogP contribution in [0.5, 0.6) is 5.75 Å². The Balaban J connectivity index is 1.17. The minimum Gasteiger partial charge on any atom is -0.497 e. The third kappa shape index (κ3) is 7.07. The number of fused-ring (bicyclic) bond motifs is 2. The molecule has 52 heavy (non-hydrogen) atoms. The van der Waals surface area contributed by atoms with E-state index in [1.165, 1.54) is 43.4 Å². The topological polar surface area (TPSA) is 246 Å². The van der Waals surface area contributed by atoms with Crippen molar-refractivity contribution < 1.29 is 48.0 Å². The van der Waals surface area contributed by atoms with E-state index in [0.717, 1.165) is 16.4 Å². The molecule has 6 rings (SSSR count). The molecule has 270 valence electrons. The lowest BCUT2D eigenvalue weighted by Gasteiger charge is -2.49. The number of rotatable bonds is 14. The molecule has 2 aliphatic rings. The highest BCUT2D eigenvalue weighted by molar-refractivity contribution is 8.00. The van der Waals surface area contributed by atoms with Gasteiger partial charge >= 0.3 is 17.6 Å². The van der Waals surface area contributed by atoms with E-state index in [4.69, 9.17) is 20.0 Å². The molecule has 1 aromatic carbocycles. The Labute approximate surface area is 302 Å². The minimum atomic E-state index is -1.68. The van der Waals surface area contributed by atoms with Crippen LogP contribution in [0.2, 0.25) is 0 Å². The van der Waals surface area contributed by atoms with E-state index in [2.05, 4.69) is 30.2 Å². The number of hydrogen-bond acceptors (Lipinski definition) is 15. The number of oxime groups is 1. The molecule has 19 nitrogen and oxygen atoms in total. The first kappa shape index (κ1) is 35.7. The number of amides is 3. The summed E-state index contributed by atoms with van der Waals surface area (Å²) in [6, 6.07) is 9.18. The molecular formula is C31H31N10O9S2+. The highest BCUT2D eigenvalue weighted by Gasteiger charge is 2.55. The number of imidazole rings is 1. The van der Waals surface area contributed by atoms with Crippen molar-refractivity contribution in [2.45, 2.75) is 44.0 Å². The summed E-state index contributed by atoms with van der Waals surface area (Å²) in [5, 5.41) is 22.7. The number of nitrogens with one attached hydrogen (secondary N) is 2. The van der Waals surface area contributed by atoms with Gasteiger partial charge in [0, 0.05) is 28.9 Å². The number of carbonyl (C=O) groups excluding carboxylic acids is 4. The number of nitrogens with zero attached hydrogens (tertiary/aromatic N) is 7. The number of nitrogens with two attached hydrogens (primary N) is 1. The van der Waals surface area contributed by atoms with Crippen molar-refractivity contribution in [2.24, 2.45) is 5.16 Å². The molecule has 0 bridgehead atoms. The molecule has 0 spiro atoms. The van der Waals surface area contributed by atoms with Gasteiger partial charge in [-0.05, 0) is 37.6 Å². The number of β-lactam (4-membered cyclic amide) rings is 1. The van der Waals surface area contributed by atoms with Gasteiger partial charge in [0.05, 0.1) is 13.3 Å². The maximum absolute atomic E-state index is 13.6. The zero-order chi connectivity index (χ0) is 37.2. The number of carboxylic acid groups (broad SMARTS) is 1. The number of aliphatic carboxylic acids is 1. The van der Waals surface area contributed by atoms with Gasteiger partial charge in [0.15, 0.2) is 11.3 Å². The fourth-order valence-electron chi connectivity index (χ4n) is 5.30. The number of ether oxygens (including phenoxy) is 2. The second-order valence-corrected chi connectivity index (χ2v) is 13.6. The molecule has 0 saturated carbocycles. The summed E-state index contributed by atoms with van der Waals surface area (Å²) in [4.78, 5) is 74.3. The fraction of sp³-hybridized carbons (Fsp3) is 0.290. The van der Waals surface area contributed by atoms with Crippen LogP contribution in [0.15, 0.2) is 65.2 Å². The zero-order valence-electron chi connectivity index (χ0n) is 27.7. The van der Waals surface area contributed by atoms with E-state index >= 15 is 0 Å². The van der Waals surface area contributed by atoms with Crippen molar-refractivity contribution in [3.05, 3.63) is 71.4 Å². The first-order valence-electron chi connectivity index (χ1n) is 15.3. The molecule has 1 saturated heterocycles. The molecule has 2 aliphatic heterocycles. The molecule has 2 atom stereocenters. The highest BCUT2D eigenvalue weighted by Crippen LogP contribution is 2.40. The average Bonchev–Trinajstić information content (AvgIpc) is 3.72. The van der Waals surface area contributed by atoms with Gasteiger partial charge < -0.3 is 30.5 Å². The number of aromatic nitrogens is 5. The second kappa shape index (κ2) is 14.6. The molecule has 1 fully saturated rings. The van der Waals surface area contributed by atoms with E-state index in [-0.39, 0.29) is 35.6 Å². The molecule has 5 N–H and O–H groups in total. The monoisotopic (exact) mass is 751 g/mol. The Kier molecular flexibility index (Phi) is 10.1. The number of thioether (sulfide) groups is 1. The van der Waals surface area contributed by atoms with E-state index < -0.39 is 46.5 Å². The Morgan fingerprint density at radius 1 is 1.23 bits per heavy atom. The lowest BCUT2D eigenvalue weighted by molar-refractivity contribution is -0.662. The number of esters is 1. The molecule has 3 amide bonds. The van der Waals surface area contributed by atoms with E-state index in [9.17, 15) is 29.1 Å². The summed E-state index contributed by atoms with van der Waals surface area (Å²) in [5.41, 5.74) is 5.06. The van der Waals surface area contributed by atoms with Crippen LogP contribution in [-0.4, -0.2) is 94.7 Å². The smallest absolute Gasteiger partial charge is 0.353 e. The molecule has 0 radical (unpaired) electrons. The predicted octanol–water partition coefficient (Wildman–Crippen LogP) is 0.314. The summed E-state index contributed by atoms with van der Waals surface area (Å²) in [6.07, 6.45) is 3.63. The number of benzene rings is 1. The summed E-state index contributed by atoms with van der Waals surface area (Å²) in [6.45, 7) is 2.78. The van der Waals surface area contributed by atoms with Crippen LogP contribution in [0.3, 0.4) is 0 Å². The van der Waals surface area contributed by atoms with Crippen molar-refractivity contribution in [3.8, 4) is 5.75 Å². The molecule has 4 aromatic rings. The van der Waals surface area contributed by atoms with Crippen LogP contribution in [0.4, 0.5) is 10.9 Å². The summed E-state index contributed by atoms with van der Waals surface area (Å²) >= 11 is 2.03. The van der Waals surface area contributed by atoms with E-state index in [1.807, 2.05) is 0 Å².